The van der Waals surface area contributed by atoms with Crippen LogP contribution in [0.4, 0.5) is 10.8 Å². The van der Waals surface area contributed by atoms with E-state index in [1.165, 1.54) is 23.1 Å². The summed E-state index contributed by atoms with van der Waals surface area (Å²) in [5.74, 6) is 0.286. The Labute approximate surface area is 316 Å². The molecule has 0 fully saturated rings. The van der Waals surface area contributed by atoms with Crippen LogP contribution < -0.4 is 25.4 Å². The molecule has 0 bridgehead atoms. The fraction of sp³-hybridized carbons (Fsp3) is 0.0952. The summed E-state index contributed by atoms with van der Waals surface area (Å²) >= 11 is 2.72. The fourth-order valence-electron chi connectivity index (χ4n) is 5.10. The summed E-state index contributed by atoms with van der Waals surface area (Å²) in [7, 11) is 1.61. The molecular formula is C42H36N4O5S2. The van der Waals surface area contributed by atoms with Gasteiger partial charge in [0.25, 0.3) is 11.8 Å². The molecule has 0 saturated carbocycles. The summed E-state index contributed by atoms with van der Waals surface area (Å²) in [6.07, 6.45) is 1.61. The first-order valence-corrected chi connectivity index (χ1v) is 18.4. The molecule has 0 aliphatic rings. The third-order valence-electron chi connectivity index (χ3n) is 7.88. The summed E-state index contributed by atoms with van der Waals surface area (Å²) < 4.78 is 11.3. The number of anilines is 2. The lowest BCUT2D eigenvalue weighted by molar-refractivity contribution is -0.115. The number of carbonyl (C=O) groups excluding carboxylic acids is 3. The highest BCUT2D eigenvalue weighted by Crippen LogP contribution is 2.32. The number of para-hydroxylation sites is 1. The standard InChI is InChI=1S/C42H36N4O5S2/c1-28(39(47)46-42-45-37(27-52-42)35-15-9-10-16-38(35)50-2)53-34-23-19-32(20-24-34)43-41(49)36(44-40(48)31-13-7-4-8-14-31)25-29-17-21-33(22-18-29)51-26-30-11-5-3-6-12-30/h3-25,27-28H,26H2,1-2H3,(H,43,49)(H,44,48)(H,45,46,47)/b36-25-. The molecule has 6 aromatic rings. The highest BCUT2D eigenvalue weighted by molar-refractivity contribution is 8.00. The van der Waals surface area contributed by atoms with Crippen molar-refractivity contribution in [1.29, 1.82) is 0 Å². The molecular weight excluding hydrogens is 705 g/mol. The molecule has 1 heterocycles. The Hall–Kier alpha value is -6.17. The van der Waals surface area contributed by atoms with Gasteiger partial charge < -0.3 is 25.4 Å². The number of nitrogens with one attached hydrogen (secondary N) is 3. The first kappa shape index (κ1) is 36.6. The molecule has 11 heteroatoms. The van der Waals surface area contributed by atoms with Crippen LogP contribution in [-0.2, 0) is 16.2 Å². The monoisotopic (exact) mass is 740 g/mol. The van der Waals surface area contributed by atoms with Crippen molar-refractivity contribution in [2.24, 2.45) is 0 Å². The maximum Gasteiger partial charge on any atom is 0.272 e. The predicted molar refractivity (Wildman–Crippen MR) is 212 cm³/mol. The minimum Gasteiger partial charge on any atom is -0.496 e. The number of thioether (sulfide) groups is 1. The van der Waals surface area contributed by atoms with Crippen molar-refractivity contribution in [3.05, 3.63) is 161 Å². The Morgan fingerprint density at radius 2 is 1.49 bits per heavy atom. The smallest absolute Gasteiger partial charge is 0.272 e. The number of amides is 3. The van der Waals surface area contributed by atoms with E-state index in [9.17, 15) is 14.4 Å². The van der Waals surface area contributed by atoms with Gasteiger partial charge in [-0.1, -0.05) is 72.8 Å². The number of hydrogen-bond acceptors (Lipinski definition) is 8. The van der Waals surface area contributed by atoms with E-state index in [0.29, 0.717) is 40.1 Å². The highest BCUT2D eigenvalue weighted by atomic mass is 32.2. The summed E-state index contributed by atoms with van der Waals surface area (Å²) in [6, 6.07) is 40.6. The number of aromatic nitrogens is 1. The van der Waals surface area contributed by atoms with Gasteiger partial charge >= 0.3 is 0 Å². The van der Waals surface area contributed by atoms with Gasteiger partial charge in [0.15, 0.2) is 5.13 Å². The van der Waals surface area contributed by atoms with Crippen LogP contribution in [0.2, 0.25) is 0 Å². The molecule has 0 saturated heterocycles. The Bertz CT molecular complexity index is 2190. The van der Waals surface area contributed by atoms with Crippen molar-refractivity contribution in [1.82, 2.24) is 10.3 Å². The van der Waals surface area contributed by atoms with E-state index in [0.717, 1.165) is 21.7 Å². The Morgan fingerprint density at radius 3 is 2.21 bits per heavy atom. The summed E-state index contributed by atoms with van der Waals surface area (Å²) in [4.78, 5) is 45.1. The predicted octanol–water partition coefficient (Wildman–Crippen LogP) is 8.93. The number of ether oxygens (including phenoxy) is 2. The molecule has 5 aromatic carbocycles. The third-order valence-corrected chi connectivity index (χ3v) is 9.75. The molecule has 3 amide bonds. The van der Waals surface area contributed by atoms with Gasteiger partial charge in [-0.25, -0.2) is 4.98 Å². The summed E-state index contributed by atoms with van der Waals surface area (Å²) in [5, 5.41) is 10.5. The van der Waals surface area contributed by atoms with Gasteiger partial charge in [0.2, 0.25) is 5.91 Å². The van der Waals surface area contributed by atoms with E-state index < -0.39 is 17.1 Å². The van der Waals surface area contributed by atoms with E-state index >= 15 is 0 Å². The van der Waals surface area contributed by atoms with Gasteiger partial charge in [0.1, 0.15) is 23.8 Å². The number of thiazole rings is 1. The molecule has 266 valence electrons. The van der Waals surface area contributed by atoms with Crippen LogP contribution in [0.5, 0.6) is 11.5 Å². The van der Waals surface area contributed by atoms with Crippen molar-refractivity contribution in [3.63, 3.8) is 0 Å². The maximum absolute atomic E-state index is 13.6. The lowest BCUT2D eigenvalue weighted by atomic mass is 10.1. The second-order valence-corrected chi connectivity index (χ2v) is 14.0. The Morgan fingerprint density at radius 1 is 0.811 bits per heavy atom. The zero-order valence-corrected chi connectivity index (χ0v) is 30.6. The van der Waals surface area contributed by atoms with Gasteiger partial charge in [-0.3, -0.25) is 14.4 Å². The average Bonchev–Trinajstić information content (AvgIpc) is 3.66. The van der Waals surface area contributed by atoms with Gasteiger partial charge in [-0.15, -0.1) is 23.1 Å². The van der Waals surface area contributed by atoms with Crippen LogP contribution >= 0.6 is 23.1 Å². The summed E-state index contributed by atoms with van der Waals surface area (Å²) in [5.41, 5.74) is 4.33. The number of hydrogen-bond donors (Lipinski definition) is 3. The lowest BCUT2D eigenvalue weighted by Gasteiger charge is -2.13. The molecule has 0 spiro atoms. The second kappa shape index (κ2) is 17.9. The lowest BCUT2D eigenvalue weighted by Crippen LogP contribution is -2.30. The van der Waals surface area contributed by atoms with Crippen molar-refractivity contribution >= 4 is 57.7 Å². The number of methoxy groups -OCH3 is 1. The van der Waals surface area contributed by atoms with E-state index in [2.05, 4.69) is 20.9 Å². The van der Waals surface area contributed by atoms with Crippen LogP contribution in [0, 0.1) is 0 Å². The third kappa shape index (κ3) is 10.2. The number of carbonyl (C=O) groups is 3. The largest absolute Gasteiger partial charge is 0.496 e. The maximum atomic E-state index is 13.6. The van der Waals surface area contributed by atoms with E-state index in [4.69, 9.17) is 9.47 Å². The molecule has 3 N–H and O–H groups in total. The Balaban J connectivity index is 1.08. The van der Waals surface area contributed by atoms with Crippen molar-refractivity contribution in [3.8, 4) is 22.8 Å². The molecule has 1 atom stereocenters. The fourth-order valence-corrected chi connectivity index (χ4v) is 6.68. The molecule has 0 radical (unpaired) electrons. The molecule has 1 aromatic heterocycles. The van der Waals surface area contributed by atoms with Crippen LogP contribution in [0.15, 0.2) is 149 Å². The second-order valence-electron chi connectivity index (χ2n) is 11.7. The van der Waals surface area contributed by atoms with Crippen LogP contribution in [0.1, 0.15) is 28.4 Å². The van der Waals surface area contributed by atoms with Crippen molar-refractivity contribution in [2.75, 3.05) is 17.7 Å². The topological polar surface area (TPSA) is 119 Å². The van der Waals surface area contributed by atoms with E-state index in [-0.39, 0.29) is 11.6 Å². The van der Waals surface area contributed by atoms with Crippen molar-refractivity contribution < 1.29 is 23.9 Å². The van der Waals surface area contributed by atoms with Crippen LogP contribution in [-0.4, -0.2) is 35.1 Å². The SMILES string of the molecule is COc1ccccc1-c1csc(NC(=O)C(C)Sc2ccc(NC(=O)/C(=C/c3ccc(OCc4ccccc4)cc3)NC(=O)c3ccccc3)cc2)n1. The zero-order valence-electron chi connectivity index (χ0n) is 28.9. The quantitative estimate of drug-likeness (QED) is 0.0754. The van der Waals surface area contributed by atoms with Gasteiger partial charge in [-0.05, 0) is 84.8 Å². The van der Waals surface area contributed by atoms with Gasteiger partial charge in [0.05, 0.1) is 18.1 Å². The first-order chi connectivity index (χ1) is 25.8. The minimum atomic E-state index is -0.497. The molecule has 53 heavy (non-hydrogen) atoms. The van der Waals surface area contributed by atoms with Gasteiger partial charge in [-0.2, -0.15) is 0 Å². The number of nitrogens with zero attached hydrogens (tertiary/aromatic N) is 1. The average molecular weight is 741 g/mol. The highest BCUT2D eigenvalue weighted by Gasteiger charge is 2.19. The summed E-state index contributed by atoms with van der Waals surface area (Å²) in [6.45, 7) is 2.25. The van der Waals surface area contributed by atoms with Crippen LogP contribution in [0.3, 0.4) is 0 Å². The minimum absolute atomic E-state index is 0.0663. The normalized spacial score (nSPS) is 11.6. The molecule has 9 nitrogen and oxygen atoms in total. The number of benzene rings is 5. The Kier molecular flexibility index (Phi) is 12.3. The van der Waals surface area contributed by atoms with E-state index in [1.807, 2.05) is 109 Å². The van der Waals surface area contributed by atoms with Gasteiger partial charge in [0, 0.05) is 27.1 Å². The molecule has 1 unspecified atom stereocenters. The van der Waals surface area contributed by atoms with E-state index in [1.54, 1.807) is 49.6 Å². The number of rotatable bonds is 14. The zero-order chi connectivity index (χ0) is 37.0. The van der Waals surface area contributed by atoms with Crippen molar-refractivity contribution in [2.45, 2.75) is 23.7 Å². The first-order valence-electron chi connectivity index (χ1n) is 16.7. The molecule has 0 aliphatic carbocycles. The van der Waals surface area contributed by atoms with Crippen LogP contribution in [0.25, 0.3) is 17.3 Å². The molecule has 0 aliphatic heterocycles. The molecule has 6 rings (SSSR count).